The first-order valence-electron chi connectivity index (χ1n) is 4.34. The molecule has 0 radical (unpaired) electrons. The standard InChI is InChI=1S/C9H19NO2/c1-7(2)5-6-9(3,10-4)8(11)12/h7,10H,5-6H2,1-4H3,(H,11,12). The van der Waals surface area contributed by atoms with Crippen LogP contribution in [0, 0.1) is 5.92 Å². The third kappa shape index (κ3) is 3.22. The minimum Gasteiger partial charge on any atom is -0.480 e. The molecule has 1 atom stereocenters. The van der Waals surface area contributed by atoms with Crippen molar-refractivity contribution < 1.29 is 9.90 Å². The zero-order valence-electron chi connectivity index (χ0n) is 8.35. The average Bonchev–Trinajstić information content (AvgIpc) is 1.99. The Morgan fingerprint density at radius 1 is 1.58 bits per heavy atom. The van der Waals surface area contributed by atoms with Gasteiger partial charge >= 0.3 is 5.97 Å². The van der Waals surface area contributed by atoms with Crippen molar-refractivity contribution in [3.63, 3.8) is 0 Å². The molecule has 0 aromatic heterocycles. The van der Waals surface area contributed by atoms with E-state index in [-0.39, 0.29) is 0 Å². The Bertz CT molecular complexity index is 157. The van der Waals surface area contributed by atoms with Crippen molar-refractivity contribution in [2.75, 3.05) is 7.05 Å². The van der Waals surface area contributed by atoms with E-state index in [9.17, 15) is 4.79 Å². The number of carboxylic acids is 1. The van der Waals surface area contributed by atoms with E-state index in [2.05, 4.69) is 19.2 Å². The van der Waals surface area contributed by atoms with Gasteiger partial charge in [-0.05, 0) is 32.7 Å². The summed E-state index contributed by atoms with van der Waals surface area (Å²) in [5, 5.41) is 11.7. The summed E-state index contributed by atoms with van der Waals surface area (Å²) in [4.78, 5) is 10.8. The largest absolute Gasteiger partial charge is 0.480 e. The summed E-state index contributed by atoms with van der Waals surface area (Å²) >= 11 is 0. The number of likely N-dealkylation sites (N-methyl/N-ethyl adjacent to an activating group) is 1. The highest BCUT2D eigenvalue weighted by Gasteiger charge is 2.30. The molecule has 0 fully saturated rings. The van der Waals surface area contributed by atoms with Gasteiger partial charge in [-0.3, -0.25) is 4.79 Å². The lowest BCUT2D eigenvalue weighted by Gasteiger charge is -2.24. The predicted octanol–water partition coefficient (Wildman–Crippen LogP) is 1.49. The Morgan fingerprint density at radius 2 is 2.08 bits per heavy atom. The first-order valence-corrected chi connectivity index (χ1v) is 4.34. The van der Waals surface area contributed by atoms with Gasteiger partial charge in [-0.25, -0.2) is 0 Å². The van der Waals surface area contributed by atoms with Gasteiger partial charge in [0.25, 0.3) is 0 Å². The molecule has 3 heteroatoms. The molecule has 0 spiro atoms. The summed E-state index contributed by atoms with van der Waals surface area (Å²) in [6.45, 7) is 5.91. The van der Waals surface area contributed by atoms with Crippen LogP contribution < -0.4 is 5.32 Å². The van der Waals surface area contributed by atoms with Crippen LogP contribution in [0.15, 0.2) is 0 Å². The summed E-state index contributed by atoms with van der Waals surface area (Å²) in [6.07, 6.45) is 1.61. The van der Waals surface area contributed by atoms with Gasteiger partial charge in [-0.15, -0.1) is 0 Å². The molecule has 0 aromatic rings. The maximum absolute atomic E-state index is 10.8. The van der Waals surface area contributed by atoms with Crippen LogP contribution in [0.25, 0.3) is 0 Å². The molecule has 1 unspecified atom stereocenters. The van der Waals surface area contributed by atoms with Gasteiger partial charge in [-0.1, -0.05) is 13.8 Å². The van der Waals surface area contributed by atoms with Crippen molar-refractivity contribution in [1.82, 2.24) is 5.32 Å². The summed E-state index contributed by atoms with van der Waals surface area (Å²) in [5.74, 6) is -0.220. The lowest BCUT2D eigenvalue weighted by atomic mass is 9.92. The molecular weight excluding hydrogens is 154 g/mol. The Balaban J connectivity index is 4.06. The van der Waals surface area contributed by atoms with Crippen molar-refractivity contribution in [3.05, 3.63) is 0 Å². The molecule has 0 rings (SSSR count). The lowest BCUT2D eigenvalue weighted by molar-refractivity contribution is -0.144. The van der Waals surface area contributed by atoms with Crippen molar-refractivity contribution in [2.24, 2.45) is 5.92 Å². The maximum atomic E-state index is 10.8. The van der Waals surface area contributed by atoms with Gasteiger partial charge in [0.15, 0.2) is 0 Å². The van der Waals surface area contributed by atoms with Crippen LogP contribution in [0.4, 0.5) is 0 Å². The maximum Gasteiger partial charge on any atom is 0.323 e. The number of nitrogens with one attached hydrogen (secondary N) is 1. The molecule has 0 aliphatic rings. The Morgan fingerprint density at radius 3 is 2.33 bits per heavy atom. The normalized spacial score (nSPS) is 16.1. The first kappa shape index (κ1) is 11.4. The summed E-state index contributed by atoms with van der Waals surface area (Å²) < 4.78 is 0. The monoisotopic (exact) mass is 173 g/mol. The molecule has 0 saturated heterocycles. The van der Waals surface area contributed by atoms with Crippen LogP contribution >= 0.6 is 0 Å². The lowest BCUT2D eigenvalue weighted by Crippen LogP contribution is -2.47. The zero-order chi connectivity index (χ0) is 9.78. The fourth-order valence-electron chi connectivity index (χ4n) is 0.916. The van der Waals surface area contributed by atoms with Crippen molar-refractivity contribution in [2.45, 2.75) is 39.2 Å². The predicted molar refractivity (Wildman–Crippen MR) is 49.2 cm³/mol. The summed E-state index contributed by atoms with van der Waals surface area (Å²) in [6, 6.07) is 0. The molecule has 0 amide bonds. The average molecular weight is 173 g/mol. The van der Waals surface area contributed by atoms with E-state index in [4.69, 9.17) is 5.11 Å². The molecule has 0 aliphatic carbocycles. The second-order valence-electron chi connectivity index (χ2n) is 3.82. The molecule has 0 saturated carbocycles. The van der Waals surface area contributed by atoms with E-state index in [1.807, 2.05) is 0 Å². The minimum atomic E-state index is -0.773. The smallest absolute Gasteiger partial charge is 0.323 e. The van der Waals surface area contributed by atoms with Crippen LogP contribution in [0.1, 0.15) is 33.6 Å². The van der Waals surface area contributed by atoms with Crippen LogP contribution in [0.2, 0.25) is 0 Å². The first-order chi connectivity index (χ1) is 5.42. The third-order valence-electron chi connectivity index (χ3n) is 2.25. The van der Waals surface area contributed by atoms with Gasteiger partial charge in [0.1, 0.15) is 5.54 Å². The summed E-state index contributed by atoms with van der Waals surface area (Å²) in [5.41, 5.74) is -0.760. The number of rotatable bonds is 5. The molecule has 12 heavy (non-hydrogen) atoms. The van der Waals surface area contributed by atoms with E-state index in [0.29, 0.717) is 12.3 Å². The minimum absolute atomic E-state index is 0.553. The Labute approximate surface area is 74.2 Å². The molecule has 3 nitrogen and oxygen atoms in total. The van der Waals surface area contributed by atoms with Gasteiger partial charge < -0.3 is 10.4 Å². The highest BCUT2D eigenvalue weighted by atomic mass is 16.4. The molecule has 72 valence electrons. The van der Waals surface area contributed by atoms with E-state index in [1.165, 1.54) is 0 Å². The topological polar surface area (TPSA) is 49.3 Å². The van der Waals surface area contributed by atoms with Gasteiger partial charge in [0, 0.05) is 0 Å². The zero-order valence-corrected chi connectivity index (χ0v) is 8.35. The number of hydrogen-bond acceptors (Lipinski definition) is 2. The molecule has 0 heterocycles. The Kier molecular flexibility index (Phi) is 4.24. The van der Waals surface area contributed by atoms with Gasteiger partial charge in [0.2, 0.25) is 0 Å². The highest BCUT2D eigenvalue weighted by molar-refractivity contribution is 5.78. The summed E-state index contributed by atoms with van der Waals surface area (Å²) in [7, 11) is 1.69. The quantitative estimate of drug-likeness (QED) is 0.662. The van der Waals surface area contributed by atoms with Crippen LogP contribution in [0.3, 0.4) is 0 Å². The second-order valence-corrected chi connectivity index (χ2v) is 3.82. The van der Waals surface area contributed by atoms with E-state index in [0.717, 1.165) is 6.42 Å². The fraction of sp³-hybridized carbons (Fsp3) is 0.889. The van der Waals surface area contributed by atoms with Crippen molar-refractivity contribution in [1.29, 1.82) is 0 Å². The van der Waals surface area contributed by atoms with Crippen molar-refractivity contribution in [3.8, 4) is 0 Å². The molecular formula is C9H19NO2. The highest BCUT2D eigenvalue weighted by Crippen LogP contribution is 2.16. The van der Waals surface area contributed by atoms with Crippen LogP contribution in [-0.2, 0) is 4.79 Å². The number of carbonyl (C=O) groups is 1. The molecule has 2 N–H and O–H groups in total. The molecule has 0 bridgehead atoms. The van der Waals surface area contributed by atoms with E-state index >= 15 is 0 Å². The van der Waals surface area contributed by atoms with Crippen molar-refractivity contribution >= 4 is 5.97 Å². The molecule has 0 aromatic carbocycles. The third-order valence-corrected chi connectivity index (χ3v) is 2.25. The SMILES string of the molecule is CNC(C)(CCC(C)C)C(=O)O. The van der Waals surface area contributed by atoms with E-state index < -0.39 is 11.5 Å². The van der Waals surface area contributed by atoms with Gasteiger partial charge in [0.05, 0.1) is 0 Å². The van der Waals surface area contributed by atoms with E-state index in [1.54, 1.807) is 14.0 Å². The molecule has 0 aliphatic heterocycles. The van der Waals surface area contributed by atoms with Crippen LogP contribution in [-0.4, -0.2) is 23.7 Å². The number of carboxylic acid groups (broad SMARTS) is 1. The van der Waals surface area contributed by atoms with Gasteiger partial charge in [-0.2, -0.15) is 0 Å². The fourth-order valence-corrected chi connectivity index (χ4v) is 0.916. The number of hydrogen-bond donors (Lipinski definition) is 2. The number of aliphatic carboxylic acids is 1. The Hall–Kier alpha value is -0.570. The van der Waals surface area contributed by atoms with Crippen LogP contribution in [0.5, 0.6) is 0 Å². The second kappa shape index (κ2) is 4.45.